The van der Waals surface area contributed by atoms with Crippen molar-refractivity contribution in [1.82, 2.24) is 0 Å². The lowest BCUT2D eigenvalue weighted by Crippen LogP contribution is -2.25. The first-order valence-electron chi connectivity index (χ1n) is 5.46. The molecule has 0 saturated carbocycles. The highest BCUT2D eigenvalue weighted by Crippen LogP contribution is 2.22. The lowest BCUT2D eigenvalue weighted by atomic mass is 9.96. The Morgan fingerprint density at radius 3 is 2.47 bits per heavy atom. The molecule has 0 aliphatic carbocycles. The Bertz CT molecular complexity index is 383. The summed E-state index contributed by atoms with van der Waals surface area (Å²) in [5, 5.41) is 9.94. The highest BCUT2D eigenvalue weighted by molar-refractivity contribution is 5.88. The molecule has 0 unspecified atom stereocenters. The highest BCUT2D eigenvalue weighted by Gasteiger charge is 2.28. The first-order valence-corrected chi connectivity index (χ1v) is 5.46. The van der Waals surface area contributed by atoms with E-state index >= 15 is 0 Å². The standard InChI is InChI=1S/C13H16O4/c1-3-17-13(16)11(8-14)12(15)10-6-4-9(2)5-7-10/h4-8,11-12,15H,3H2,1-2H3/t11-,12+/m1/s1. The zero-order valence-corrected chi connectivity index (χ0v) is 9.92. The van der Waals surface area contributed by atoms with E-state index in [1.165, 1.54) is 0 Å². The Balaban J connectivity index is 2.85. The lowest BCUT2D eigenvalue weighted by molar-refractivity contribution is -0.153. The van der Waals surface area contributed by atoms with Crippen molar-refractivity contribution in [3.8, 4) is 0 Å². The molecule has 0 aliphatic heterocycles. The molecule has 92 valence electrons. The average Bonchev–Trinajstić information content (AvgIpc) is 2.31. The van der Waals surface area contributed by atoms with Gasteiger partial charge in [-0.2, -0.15) is 0 Å². The molecule has 0 saturated heterocycles. The molecule has 0 spiro atoms. The van der Waals surface area contributed by atoms with E-state index in [4.69, 9.17) is 4.74 Å². The Hall–Kier alpha value is -1.68. The number of esters is 1. The van der Waals surface area contributed by atoms with Gasteiger partial charge in [0.05, 0.1) is 12.7 Å². The van der Waals surface area contributed by atoms with Gasteiger partial charge in [0.25, 0.3) is 0 Å². The molecule has 4 nitrogen and oxygen atoms in total. The van der Waals surface area contributed by atoms with E-state index in [-0.39, 0.29) is 6.61 Å². The van der Waals surface area contributed by atoms with Crippen LogP contribution in [0.5, 0.6) is 0 Å². The summed E-state index contributed by atoms with van der Waals surface area (Å²) >= 11 is 0. The largest absolute Gasteiger partial charge is 0.465 e. The second-order valence-electron chi connectivity index (χ2n) is 3.77. The topological polar surface area (TPSA) is 63.6 Å². The minimum atomic E-state index is -1.17. The summed E-state index contributed by atoms with van der Waals surface area (Å²) < 4.78 is 4.73. The minimum absolute atomic E-state index is 0.184. The van der Waals surface area contributed by atoms with Gasteiger partial charge in [0, 0.05) is 0 Å². The third kappa shape index (κ3) is 3.39. The van der Waals surface area contributed by atoms with Crippen molar-refractivity contribution in [3.63, 3.8) is 0 Å². The Kier molecular flexibility index (Phi) is 4.84. The summed E-state index contributed by atoms with van der Waals surface area (Å²) in [6, 6.07) is 7.00. The van der Waals surface area contributed by atoms with E-state index in [0.717, 1.165) is 5.56 Å². The molecule has 1 aromatic rings. The molecule has 0 amide bonds. The molecule has 0 fully saturated rings. The third-order valence-corrected chi connectivity index (χ3v) is 2.46. The Morgan fingerprint density at radius 1 is 1.41 bits per heavy atom. The molecular formula is C13H16O4. The Labute approximate surface area is 100 Å². The fraction of sp³-hybridized carbons (Fsp3) is 0.385. The number of carbonyl (C=O) groups excluding carboxylic acids is 2. The number of aliphatic hydroxyl groups excluding tert-OH is 1. The quantitative estimate of drug-likeness (QED) is 0.477. The van der Waals surface area contributed by atoms with Crippen molar-refractivity contribution in [1.29, 1.82) is 0 Å². The number of aldehydes is 1. The maximum atomic E-state index is 11.4. The molecular weight excluding hydrogens is 220 g/mol. The van der Waals surface area contributed by atoms with Crippen LogP contribution in [-0.4, -0.2) is 24.0 Å². The van der Waals surface area contributed by atoms with Gasteiger partial charge in [-0.3, -0.25) is 4.79 Å². The van der Waals surface area contributed by atoms with Gasteiger partial charge in [-0.05, 0) is 19.4 Å². The highest BCUT2D eigenvalue weighted by atomic mass is 16.5. The molecule has 1 N–H and O–H groups in total. The average molecular weight is 236 g/mol. The molecule has 0 aromatic heterocycles. The number of aryl methyl sites for hydroxylation is 1. The lowest BCUT2D eigenvalue weighted by Gasteiger charge is -2.16. The first-order chi connectivity index (χ1) is 8.10. The number of rotatable bonds is 5. The zero-order valence-electron chi connectivity index (χ0n) is 9.92. The second kappa shape index (κ2) is 6.15. The van der Waals surface area contributed by atoms with Crippen LogP contribution in [0.1, 0.15) is 24.2 Å². The van der Waals surface area contributed by atoms with Crippen LogP contribution in [-0.2, 0) is 14.3 Å². The van der Waals surface area contributed by atoms with E-state index in [1.54, 1.807) is 19.1 Å². The Morgan fingerprint density at radius 2 is 2.00 bits per heavy atom. The van der Waals surface area contributed by atoms with Gasteiger partial charge in [-0.25, -0.2) is 0 Å². The molecule has 17 heavy (non-hydrogen) atoms. The summed E-state index contributed by atoms with van der Waals surface area (Å²) in [7, 11) is 0. The van der Waals surface area contributed by atoms with Crippen LogP contribution in [0.3, 0.4) is 0 Å². The van der Waals surface area contributed by atoms with Gasteiger partial charge in [-0.15, -0.1) is 0 Å². The summed E-state index contributed by atoms with van der Waals surface area (Å²) in [5.74, 6) is -1.87. The van der Waals surface area contributed by atoms with E-state index in [1.807, 2.05) is 19.1 Å². The molecule has 0 bridgehead atoms. The molecule has 0 radical (unpaired) electrons. The van der Waals surface area contributed by atoms with E-state index in [0.29, 0.717) is 11.8 Å². The zero-order chi connectivity index (χ0) is 12.8. The first kappa shape index (κ1) is 13.4. The van der Waals surface area contributed by atoms with Crippen molar-refractivity contribution in [2.45, 2.75) is 20.0 Å². The molecule has 0 heterocycles. The molecule has 0 aliphatic rings. The number of benzene rings is 1. The van der Waals surface area contributed by atoms with Crippen LogP contribution in [0.25, 0.3) is 0 Å². The van der Waals surface area contributed by atoms with Gasteiger partial charge < -0.3 is 14.6 Å². The van der Waals surface area contributed by atoms with Gasteiger partial charge in [0.2, 0.25) is 0 Å². The van der Waals surface area contributed by atoms with Crippen molar-refractivity contribution >= 4 is 12.3 Å². The molecule has 4 heteroatoms. The van der Waals surface area contributed by atoms with Crippen LogP contribution in [0.4, 0.5) is 0 Å². The van der Waals surface area contributed by atoms with Crippen LogP contribution < -0.4 is 0 Å². The maximum Gasteiger partial charge on any atom is 0.319 e. The number of ether oxygens (including phenoxy) is 1. The van der Waals surface area contributed by atoms with Crippen LogP contribution in [0.2, 0.25) is 0 Å². The van der Waals surface area contributed by atoms with Crippen LogP contribution >= 0.6 is 0 Å². The van der Waals surface area contributed by atoms with E-state index in [2.05, 4.69) is 0 Å². The fourth-order valence-corrected chi connectivity index (χ4v) is 1.47. The number of aliphatic hydroxyl groups is 1. The maximum absolute atomic E-state index is 11.4. The van der Waals surface area contributed by atoms with Gasteiger partial charge >= 0.3 is 5.97 Å². The number of carbonyl (C=O) groups is 2. The van der Waals surface area contributed by atoms with Gasteiger partial charge in [-0.1, -0.05) is 29.8 Å². The molecule has 1 aromatic carbocycles. The number of hydrogen-bond donors (Lipinski definition) is 1. The monoisotopic (exact) mass is 236 g/mol. The molecule has 2 atom stereocenters. The molecule has 1 rings (SSSR count). The van der Waals surface area contributed by atoms with Crippen molar-refractivity contribution in [2.75, 3.05) is 6.61 Å². The van der Waals surface area contributed by atoms with Crippen LogP contribution in [0.15, 0.2) is 24.3 Å². The van der Waals surface area contributed by atoms with Crippen molar-refractivity contribution in [2.24, 2.45) is 5.92 Å². The van der Waals surface area contributed by atoms with E-state index < -0.39 is 18.0 Å². The summed E-state index contributed by atoms with van der Waals surface area (Å²) in [6.45, 7) is 3.75. The fourth-order valence-electron chi connectivity index (χ4n) is 1.47. The normalized spacial score (nSPS) is 13.8. The number of hydrogen-bond acceptors (Lipinski definition) is 4. The van der Waals surface area contributed by atoms with Crippen molar-refractivity contribution in [3.05, 3.63) is 35.4 Å². The second-order valence-corrected chi connectivity index (χ2v) is 3.77. The van der Waals surface area contributed by atoms with Gasteiger partial charge in [0.15, 0.2) is 0 Å². The smallest absolute Gasteiger partial charge is 0.319 e. The SMILES string of the molecule is CCOC(=O)[C@H](C=O)[C@@H](O)c1ccc(C)cc1. The van der Waals surface area contributed by atoms with Gasteiger partial charge in [0.1, 0.15) is 12.2 Å². The summed E-state index contributed by atoms with van der Waals surface area (Å²) in [4.78, 5) is 22.3. The van der Waals surface area contributed by atoms with E-state index in [9.17, 15) is 14.7 Å². The predicted octanol–water partition coefficient (Wildman–Crippen LogP) is 1.41. The summed E-state index contributed by atoms with van der Waals surface area (Å²) in [5.41, 5.74) is 1.57. The summed E-state index contributed by atoms with van der Waals surface area (Å²) in [6.07, 6.45) is -0.741. The predicted molar refractivity (Wildman–Crippen MR) is 62.3 cm³/mol. The minimum Gasteiger partial charge on any atom is -0.465 e. The van der Waals surface area contributed by atoms with Crippen LogP contribution in [0, 0.1) is 12.8 Å². The third-order valence-electron chi connectivity index (χ3n) is 2.46. The van der Waals surface area contributed by atoms with Crippen molar-refractivity contribution < 1.29 is 19.4 Å².